The molecule has 0 saturated carbocycles. The summed E-state index contributed by atoms with van der Waals surface area (Å²) in [6, 6.07) is 2.09. The minimum Gasteiger partial charge on any atom is -0.339 e. The van der Waals surface area contributed by atoms with Gasteiger partial charge in [-0.15, -0.1) is 0 Å². The van der Waals surface area contributed by atoms with E-state index in [9.17, 15) is 0 Å². The Hall–Kier alpha value is -1.12. The van der Waals surface area contributed by atoms with Gasteiger partial charge < -0.3 is 4.90 Å². The molecular formula is C10H13Cl2N5. The minimum atomic E-state index is 0.0608. The van der Waals surface area contributed by atoms with Crippen LogP contribution in [0.4, 0.5) is 5.95 Å². The summed E-state index contributed by atoms with van der Waals surface area (Å²) >= 11 is 11.5. The standard InChI is InChI=1S/C10H13Cl2N5/c1-7(2)6-17(5-3-4-13)10-15-8(11)14-9(12)16-10/h7H,3,5-6H2,1-2H3. The third-order valence-corrected chi connectivity index (χ3v) is 2.27. The molecule has 0 bridgehead atoms. The average molecular weight is 274 g/mol. The summed E-state index contributed by atoms with van der Waals surface area (Å²) in [7, 11) is 0. The molecule has 0 atom stereocenters. The predicted octanol–water partition coefficient (Wildman–Crippen LogP) is 2.55. The molecule has 17 heavy (non-hydrogen) atoms. The molecule has 1 aromatic heterocycles. The van der Waals surface area contributed by atoms with E-state index in [4.69, 9.17) is 28.5 Å². The smallest absolute Gasteiger partial charge is 0.231 e. The third kappa shape index (κ3) is 4.72. The van der Waals surface area contributed by atoms with E-state index in [1.165, 1.54) is 0 Å². The first-order chi connectivity index (χ1) is 8.02. The molecule has 7 heteroatoms. The highest BCUT2D eigenvalue weighted by atomic mass is 35.5. The number of nitriles is 1. The Morgan fingerprint density at radius 3 is 2.29 bits per heavy atom. The number of hydrogen-bond donors (Lipinski definition) is 0. The minimum absolute atomic E-state index is 0.0608. The lowest BCUT2D eigenvalue weighted by Gasteiger charge is -2.23. The van der Waals surface area contributed by atoms with E-state index in [0.29, 0.717) is 24.8 Å². The molecule has 5 nitrogen and oxygen atoms in total. The van der Waals surface area contributed by atoms with Crippen LogP contribution in [0.25, 0.3) is 0 Å². The van der Waals surface area contributed by atoms with E-state index < -0.39 is 0 Å². The fourth-order valence-electron chi connectivity index (χ4n) is 1.36. The van der Waals surface area contributed by atoms with E-state index in [-0.39, 0.29) is 10.6 Å². The summed E-state index contributed by atoms with van der Waals surface area (Å²) in [5.74, 6) is 0.835. The molecule has 92 valence electrons. The lowest BCUT2D eigenvalue weighted by Crippen LogP contribution is -2.30. The molecule has 1 rings (SSSR count). The summed E-state index contributed by atoms with van der Waals surface area (Å²) in [6.45, 7) is 5.43. The second-order valence-corrected chi connectivity index (χ2v) is 4.60. The quantitative estimate of drug-likeness (QED) is 0.825. The highest BCUT2D eigenvalue weighted by Gasteiger charge is 2.13. The van der Waals surface area contributed by atoms with Gasteiger partial charge in [-0.25, -0.2) is 0 Å². The number of halogens is 2. The number of rotatable bonds is 5. The first kappa shape index (κ1) is 13.9. The predicted molar refractivity (Wildman–Crippen MR) is 67.1 cm³/mol. The molecule has 0 amide bonds. The van der Waals surface area contributed by atoms with Crippen molar-refractivity contribution in [3.05, 3.63) is 10.6 Å². The van der Waals surface area contributed by atoms with Crippen LogP contribution in [0, 0.1) is 17.2 Å². The zero-order valence-corrected chi connectivity index (χ0v) is 11.2. The summed E-state index contributed by atoms with van der Waals surface area (Å²) in [5, 5.41) is 8.75. The molecule has 0 aliphatic carbocycles. The van der Waals surface area contributed by atoms with E-state index in [2.05, 4.69) is 34.9 Å². The fraction of sp³-hybridized carbons (Fsp3) is 0.600. The molecule has 0 aliphatic heterocycles. The average Bonchev–Trinajstić information content (AvgIpc) is 2.22. The molecule has 0 aliphatic rings. The third-order valence-electron chi connectivity index (χ3n) is 1.93. The van der Waals surface area contributed by atoms with Crippen molar-refractivity contribution in [1.82, 2.24) is 15.0 Å². The van der Waals surface area contributed by atoms with Gasteiger partial charge >= 0.3 is 0 Å². The molecule has 1 heterocycles. The van der Waals surface area contributed by atoms with Gasteiger partial charge in [0.1, 0.15) is 0 Å². The van der Waals surface area contributed by atoms with Crippen LogP contribution in [0.5, 0.6) is 0 Å². The SMILES string of the molecule is CC(C)CN(CCC#N)c1nc(Cl)nc(Cl)n1. The maximum atomic E-state index is 8.62. The number of hydrogen-bond acceptors (Lipinski definition) is 5. The molecular weight excluding hydrogens is 261 g/mol. The molecule has 0 fully saturated rings. The van der Waals surface area contributed by atoms with Crippen molar-refractivity contribution in [1.29, 1.82) is 5.26 Å². The van der Waals surface area contributed by atoms with Gasteiger partial charge in [0, 0.05) is 13.1 Å². The second-order valence-electron chi connectivity index (χ2n) is 3.92. The van der Waals surface area contributed by atoms with Gasteiger partial charge in [0.25, 0.3) is 0 Å². The van der Waals surface area contributed by atoms with Crippen LogP contribution >= 0.6 is 23.2 Å². The second kappa shape index (κ2) is 6.58. The molecule has 0 spiro atoms. The fourth-order valence-corrected chi connectivity index (χ4v) is 1.71. The lowest BCUT2D eigenvalue weighted by molar-refractivity contribution is 0.601. The largest absolute Gasteiger partial charge is 0.339 e. The van der Waals surface area contributed by atoms with Crippen LogP contribution in [-0.2, 0) is 0 Å². The van der Waals surface area contributed by atoms with Crippen molar-refractivity contribution < 1.29 is 0 Å². The van der Waals surface area contributed by atoms with E-state index in [1.807, 2.05) is 4.90 Å². The molecule has 0 saturated heterocycles. The Morgan fingerprint density at radius 2 is 1.82 bits per heavy atom. The van der Waals surface area contributed by atoms with Crippen molar-refractivity contribution >= 4 is 29.2 Å². The Bertz CT molecular complexity index is 395. The van der Waals surface area contributed by atoms with Gasteiger partial charge in [-0.1, -0.05) is 13.8 Å². The molecule has 0 radical (unpaired) electrons. The zero-order valence-electron chi connectivity index (χ0n) is 9.69. The maximum Gasteiger partial charge on any atom is 0.231 e. The Kier molecular flexibility index (Phi) is 5.39. The van der Waals surface area contributed by atoms with Crippen LogP contribution in [0.1, 0.15) is 20.3 Å². The topological polar surface area (TPSA) is 65.7 Å². The van der Waals surface area contributed by atoms with Crippen molar-refractivity contribution in [2.45, 2.75) is 20.3 Å². The van der Waals surface area contributed by atoms with Gasteiger partial charge in [0.2, 0.25) is 16.5 Å². The van der Waals surface area contributed by atoms with Gasteiger partial charge in [0.05, 0.1) is 12.5 Å². The first-order valence-corrected chi connectivity index (χ1v) is 5.97. The normalized spacial score (nSPS) is 10.4. The van der Waals surface area contributed by atoms with Gasteiger partial charge in [-0.05, 0) is 29.1 Å². The number of aromatic nitrogens is 3. The van der Waals surface area contributed by atoms with Crippen molar-refractivity contribution in [3.8, 4) is 6.07 Å². The first-order valence-electron chi connectivity index (χ1n) is 5.22. The van der Waals surface area contributed by atoms with Crippen molar-refractivity contribution in [3.63, 3.8) is 0 Å². The van der Waals surface area contributed by atoms with Crippen LogP contribution in [0.15, 0.2) is 0 Å². The van der Waals surface area contributed by atoms with Gasteiger partial charge in [-0.3, -0.25) is 0 Å². The van der Waals surface area contributed by atoms with E-state index in [0.717, 1.165) is 6.54 Å². The summed E-state index contributed by atoms with van der Waals surface area (Å²) in [6.07, 6.45) is 0.396. The number of anilines is 1. The molecule has 0 unspecified atom stereocenters. The van der Waals surface area contributed by atoms with E-state index in [1.54, 1.807) is 0 Å². The summed E-state index contributed by atoms with van der Waals surface area (Å²) in [5.41, 5.74) is 0. The Labute approximate surface area is 110 Å². The van der Waals surface area contributed by atoms with Crippen LogP contribution in [0.2, 0.25) is 10.6 Å². The Balaban J connectivity index is 2.91. The van der Waals surface area contributed by atoms with Crippen molar-refractivity contribution in [2.75, 3.05) is 18.0 Å². The monoisotopic (exact) mass is 273 g/mol. The summed E-state index contributed by atoms with van der Waals surface area (Å²) in [4.78, 5) is 13.6. The van der Waals surface area contributed by atoms with Crippen molar-refractivity contribution in [2.24, 2.45) is 5.92 Å². The van der Waals surface area contributed by atoms with Crippen LogP contribution in [-0.4, -0.2) is 28.0 Å². The van der Waals surface area contributed by atoms with Crippen LogP contribution < -0.4 is 4.90 Å². The highest BCUT2D eigenvalue weighted by Crippen LogP contribution is 2.15. The number of nitrogens with zero attached hydrogens (tertiary/aromatic N) is 5. The molecule has 1 aromatic rings. The molecule has 0 aromatic carbocycles. The molecule has 0 N–H and O–H groups in total. The van der Waals surface area contributed by atoms with Crippen LogP contribution in [0.3, 0.4) is 0 Å². The lowest BCUT2D eigenvalue weighted by atomic mass is 10.2. The van der Waals surface area contributed by atoms with E-state index >= 15 is 0 Å². The van der Waals surface area contributed by atoms with Gasteiger partial charge in [0.15, 0.2) is 0 Å². The van der Waals surface area contributed by atoms with Gasteiger partial charge in [-0.2, -0.15) is 20.2 Å². The zero-order chi connectivity index (χ0) is 12.8. The summed E-state index contributed by atoms with van der Waals surface area (Å²) < 4.78 is 0. The maximum absolute atomic E-state index is 8.62. The Morgan fingerprint density at radius 1 is 1.24 bits per heavy atom. The highest BCUT2D eigenvalue weighted by molar-refractivity contribution is 6.31.